The van der Waals surface area contributed by atoms with Gasteiger partial charge in [-0.1, -0.05) is 35.9 Å². The molecule has 1 heterocycles. The van der Waals surface area contributed by atoms with Crippen molar-refractivity contribution in [1.82, 2.24) is 4.90 Å². The van der Waals surface area contributed by atoms with E-state index < -0.39 is 11.9 Å². The zero-order valence-corrected chi connectivity index (χ0v) is 14.3. The van der Waals surface area contributed by atoms with Crippen molar-refractivity contribution < 1.29 is 19.4 Å². The van der Waals surface area contributed by atoms with Crippen LogP contribution in [0, 0.1) is 5.92 Å². The van der Waals surface area contributed by atoms with Gasteiger partial charge in [0.25, 0.3) is 5.91 Å². The van der Waals surface area contributed by atoms with Gasteiger partial charge in [0, 0.05) is 18.1 Å². The number of carbonyl (C=O) groups excluding carboxylic acids is 1. The van der Waals surface area contributed by atoms with Gasteiger partial charge in [-0.2, -0.15) is 0 Å². The van der Waals surface area contributed by atoms with E-state index in [1.807, 2.05) is 12.1 Å². The Morgan fingerprint density at radius 2 is 1.88 bits per heavy atom. The fraction of sp³-hybridized carbons (Fsp3) is 0.263. The van der Waals surface area contributed by atoms with E-state index in [0.29, 0.717) is 35.9 Å². The van der Waals surface area contributed by atoms with E-state index in [0.717, 1.165) is 5.56 Å². The lowest BCUT2D eigenvalue weighted by atomic mass is 10.1. The zero-order valence-electron chi connectivity index (χ0n) is 13.5. The van der Waals surface area contributed by atoms with Crippen LogP contribution in [0.4, 0.5) is 0 Å². The molecule has 1 unspecified atom stereocenters. The summed E-state index contributed by atoms with van der Waals surface area (Å²) < 4.78 is 5.81. The zero-order chi connectivity index (χ0) is 17.8. The Kier molecular flexibility index (Phi) is 5.24. The summed E-state index contributed by atoms with van der Waals surface area (Å²) in [5.41, 5.74) is 1.39. The topological polar surface area (TPSA) is 66.8 Å². The third-order valence-electron chi connectivity index (χ3n) is 4.25. The maximum absolute atomic E-state index is 12.7. The van der Waals surface area contributed by atoms with Crippen LogP contribution in [0.1, 0.15) is 22.3 Å². The first-order chi connectivity index (χ1) is 12.0. The highest BCUT2D eigenvalue weighted by atomic mass is 35.5. The summed E-state index contributed by atoms with van der Waals surface area (Å²) in [6.07, 6.45) is 0.481. The lowest BCUT2D eigenvalue weighted by Crippen LogP contribution is -2.30. The molecule has 0 saturated carbocycles. The van der Waals surface area contributed by atoms with Crippen molar-refractivity contribution in [2.45, 2.75) is 13.0 Å². The van der Waals surface area contributed by atoms with E-state index in [2.05, 4.69) is 0 Å². The summed E-state index contributed by atoms with van der Waals surface area (Å²) in [6, 6.07) is 14.3. The van der Waals surface area contributed by atoms with Crippen LogP contribution in [0.25, 0.3) is 0 Å². The molecule has 0 aromatic heterocycles. The lowest BCUT2D eigenvalue weighted by Gasteiger charge is -2.18. The largest absolute Gasteiger partial charge is 0.488 e. The Labute approximate surface area is 150 Å². The number of para-hydroxylation sites is 1. The van der Waals surface area contributed by atoms with Gasteiger partial charge in [0.1, 0.15) is 12.4 Å². The van der Waals surface area contributed by atoms with Crippen molar-refractivity contribution in [3.8, 4) is 5.75 Å². The first kappa shape index (κ1) is 17.3. The second-order valence-electron chi connectivity index (χ2n) is 5.99. The highest BCUT2D eigenvalue weighted by Crippen LogP contribution is 2.25. The molecule has 0 bridgehead atoms. The average molecular weight is 360 g/mol. The SMILES string of the molecule is O=C(O)C1CCN(C(=O)c2ccccc2OCc2ccc(Cl)cc2)C1. The molecule has 5 nitrogen and oxygen atoms in total. The van der Waals surface area contributed by atoms with Gasteiger partial charge in [-0.05, 0) is 36.2 Å². The lowest BCUT2D eigenvalue weighted by molar-refractivity contribution is -0.141. The van der Waals surface area contributed by atoms with Crippen LogP contribution in [-0.2, 0) is 11.4 Å². The standard InChI is InChI=1S/C19H18ClNO4/c20-15-7-5-13(6-8-15)12-25-17-4-2-1-3-16(17)18(22)21-10-9-14(11-21)19(23)24/h1-8,14H,9-12H2,(H,23,24). The van der Waals surface area contributed by atoms with Crippen LogP contribution < -0.4 is 4.74 Å². The minimum absolute atomic E-state index is 0.199. The number of benzene rings is 2. The van der Waals surface area contributed by atoms with Crippen LogP contribution in [0.15, 0.2) is 48.5 Å². The summed E-state index contributed by atoms with van der Waals surface area (Å²) in [6.45, 7) is 1.00. The predicted octanol–water partition coefficient (Wildman–Crippen LogP) is 3.47. The van der Waals surface area contributed by atoms with Crippen molar-refractivity contribution in [3.05, 3.63) is 64.7 Å². The molecule has 2 aromatic carbocycles. The number of carboxylic acid groups (broad SMARTS) is 1. The van der Waals surface area contributed by atoms with Crippen molar-refractivity contribution in [3.63, 3.8) is 0 Å². The number of hydrogen-bond acceptors (Lipinski definition) is 3. The van der Waals surface area contributed by atoms with E-state index >= 15 is 0 Å². The molecule has 3 rings (SSSR count). The molecule has 1 atom stereocenters. The molecule has 1 N–H and O–H groups in total. The molecule has 0 radical (unpaired) electrons. The van der Waals surface area contributed by atoms with Gasteiger partial charge >= 0.3 is 5.97 Å². The van der Waals surface area contributed by atoms with Crippen LogP contribution in [-0.4, -0.2) is 35.0 Å². The molecule has 1 saturated heterocycles. The summed E-state index contributed by atoms with van der Waals surface area (Å²) in [4.78, 5) is 25.4. The Hall–Kier alpha value is -2.53. The number of halogens is 1. The number of carbonyl (C=O) groups is 2. The van der Waals surface area contributed by atoms with E-state index in [1.54, 1.807) is 41.3 Å². The van der Waals surface area contributed by atoms with Gasteiger partial charge in [0.2, 0.25) is 0 Å². The van der Waals surface area contributed by atoms with E-state index in [4.69, 9.17) is 21.4 Å². The van der Waals surface area contributed by atoms with Gasteiger partial charge < -0.3 is 14.7 Å². The van der Waals surface area contributed by atoms with Crippen LogP contribution in [0.5, 0.6) is 5.75 Å². The number of likely N-dealkylation sites (tertiary alicyclic amines) is 1. The van der Waals surface area contributed by atoms with Crippen LogP contribution in [0.2, 0.25) is 5.02 Å². The molecule has 1 amide bonds. The molecule has 25 heavy (non-hydrogen) atoms. The second-order valence-corrected chi connectivity index (χ2v) is 6.42. The molecule has 0 aliphatic carbocycles. The fourth-order valence-electron chi connectivity index (χ4n) is 2.83. The van der Waals surface area contributed by atoms with Gasteiger partial charge in [-0.25, -0.2) is 0 Å². The van der Waals surface area contributed by atoms with Gasteiger partial charge in [-0.15, -0.1) is 0 Å². The first-order valence-electron chi connectivity index (χ1n) is 8.03. The molecule has 1 fully saturated rings. The quantitative estimate of drug-likeness (QED) is 0.887. The Morgan fingerprint density at radius 1 is 1.16 bits per heavy atom. The van der Waals surface area contributed by atoms with Crippen LogP contribution in [0.3, 0.4) is 0 Å². The van der Waals surface area contributed by atoms with Crippen molar-refractivity contribution in [2.75, 3.05) is 13.1 Å². The van der Waals surface area contributed by atoms with Gasteiger partial charge in [0.05, 0.1) is 11.5 Å². The average Bonchev–Trinajstić information content (AvgIpc) is 3.11. The smallest absolute Gasteiger partial charge is 0.308 e. The van der Waals surface area contributed by atoms with Crippen molar-refractivity contribution >= 4 is 23.5 Å². The predicted molar refractivity (Wildman–Crippen MR) is 93.9 cm³/mol. The minimum atomic E-state index is -0.859. The van der Waals surface area contributed by atoms with E-state index in [1.165, 1.54) is 0 Å². The minimum Gasteiger partial charge on any atom is -0.488 e. The number of rotatable bonds is 5. The molecule has 1 aliphatic rings. The number of hydrogen-bond donors (Lipinski definition) is 1. The number of aliphatic carboxylic acids is 1. The molecule has 1 aliphatic heterocycles. The van der Waals surface area contributed by atoms with Crippen molar-refractivity contribution in [1.29, 1.82) is 0 Å². The molecular formula is C19H18ClNO4. The van der Waals surface area contributed by atoms with E-state index in [9.17, 15) is 9.59 Å². The van der Waals surface area contributed by atoms with Crippen LogP contribution >= 0.6 is 11.6 Å². The third-order valence-corrected chi connectivity index (χ3v) is 4.50. The molecule has 6 heteroatoms. The molecular weight excluding hydrogens is 342 g/mol. The molecule has 130 valence electrons. The summed E-state index contributed by atoms with van der Waals surface area (Å²) in [5.74, 6) is -1.06. The summed E-state index contributed by atoms with van der Waals surface area (Å²) in [5, 5.41) is 9.75. The number of ether oxygens (including phenoxy) is 1. The summed E-state index contributed by atoms with van der Waals surface area (Å²) >= 11 is 5.87. The first-order valence-corrected chi connectivity index (χ1v) is 8.41. The fourth-order valence-corrected chi connectivity index (χ4v) is 2.95. The Bertz CT molecular complexity index is 775. The monoisotopic (exact) mass is 359 g/mol. The van der Waals surface area contributed by atoms with Gasteiger partial charge in [-0.3, -0.25) is 9.59 Å². The number of nitrogens with zero attached hydrogens (tertiary/aromatic N) is 1. The highest BCUT2D eigenvalue weighted by Gasteiger charge is 2.32. The third kappa shape index (κ3) is 4.12. The second kappa shape index (κ2) is 7.57. The molecule has 2 aromatic rings. The number of amides is 1. The maximum atomic E-state index is 12.7. The number of carboxylic acids is 1. The Balaban J connectivity index is 1.71. The summed E-state index contributed by atoms with van der Waals surface area (Å²) in [7, 11) is 0. The maximum Gasteiger partial charge on any atom is 0.308 e. The normalized spacial score (nSPS) is 16.7. The van der Waals surface area contributed by atoms with Crippen molar-refractivity contribution in [2.24, 2.45) is 5.92 Å². The molecule has 0 spiro atoms. The highest BCUT2D eigenvalue weighted by molar-refractivity contribution is 6.30. The van der Waals surface area contributed by atoms with Gasteiger partial charge in [0.15, 0.2) is 0 Å². The van der Waals surface area contributed by atoms with E-state index in [-0.39, 0.29) is 12.5 Å². The Morgan fingerprint density at radius 3 is 2.56 bits per heavy atom.